The number of nitrogens with one attached hydrogen (secondary N) is 3. The summed E-state index contributed by atoms with van der Waals surface area (Å²) in [7, 11) is -3.85. The number of carbonyl (C=O) groups is 1. The summed E-state index contributed by atoms with van der Waals surface area (Å²) in [4.78, 5) is 17.6. The molecule has 3 N–H and O–H groups in total. The van der Waals surface area contributed by atoms with Gasteiger partial charge in [0.25, 0.3) is 0 Å². The first kappa shape index (κ1) is 28.1. The van der Waals surface area contributed by atoms with E-state index in [-0.39, 0.29) is 29.1 Å². The molecule has 0 saturated heterocycles. The van der Waals surface area contributed by atoms with E-state index in [4.69, 9.17) is 9.26 Å². The van der Waals surface area contributed by atoms with Crippen LogP contribution < -0.4 is 15.4 Å². The number of thiazole rings is 1. The van der Waals surface area contributed by atoms with E-state index in [1.807, 2.05) is 19.9 Å². The molecule has 206 valence electrons. The Morgan fingerprint density at radius 3 is 2.53 bits per heavy atom. The van der Waals surface area contributed by atoms with Crippen molar-refractivity contribution in [2.75, 3.05) is 5.32 Å². The molecule has 0 unspecified atom stereocenters. The molecule has 1 saturated carbocycles. The minimum atomic E-state index is -3.85. The molecule has 2 aromatic heterocycles. The smallest absolute Gasteiger partial charge is 0.407 e. The van der Waals surface area contributed by atoms with Crippen molar-refractivity contribution in [3.8, 4) is 10.4 Å². The molecule has 0 bridgehead atoms. The standard InChI is InChI=1S/C26H35N5O5S2/c1-16(2)36-25(32)29-18-8-6-17(7-9-18)24-27-15-21(37-24)20-11-10-19(28-23-12-13-35-30-23)14-22(20)38(33,34)31-26(3,4)5/h10-18,31H,6-9H2,1-5H3,(H,28,30)(H,29,32)/t17-,18-. The van der Waals surface area contributed by atoms with Gasteiger partial charge in [0.2, 0.25) is 10.0 Å². The number of benzene rings is 1. The Kier molecular flexibility index (Phi) is 8.43. The first-order valence-corrected chi connectivity index (χ1v) is 15.0. The van der Waals surface area contributed by atoms with Gasteiger partial charge >= 0.3 is 6.09 Å². The molecule has 0 radical (unpaired) electrons. The highest BCUT2D eigenvalue weighted by molar-refractivity contribution is 7.89. The fourth-order valence-electron chi connectivity index (χ4n) is 4.41. The molecule has 4 rings (SSSR count). The number of alkyl carbamates (subject to hydrolysis) is 1. The van der Waals surface area contributed by atoms with Crippen molar-refractivity contribution in [2.24, 2.45) is 0 Å². The highest BCUT2D eigenvalue weighted by Crippen LogP contribution is 2.40. The summed E-state index contributed by atoms with van der Waals surface area (Å²) < 4.78 is 39.7. The van der Waals surface area contributed by atoms with Gasteiger partial charge in [-0.05, 0) is 72.4 Å². The van der Waals surface area contributed by atoms with Crippen LogP contribution in [-0.4, -0.2) is 42.3 Å². The van der Waals surface area contributed by atoms with Crippen molar-refractivity contribution in [2.45, 2.75) is 88.8 Å². The first-order chi connectivity index (χ1) is 17.9. The van der Waals surface area contributed by atoms with Crippen molar-refractivity contribution in [3.05, 3.63) is 41.7 Å². The van der Waals surface area contributed by atoms with Crippen LogP contribution in [-0.2, 0) is 14.8 Å². The Labute approximate surface area is 227 Å². The Hall–Kier alpha value is -2.96. The topological polar surface area (TPSA) is 135 Å². The Morgan fingerprint density at radius 2 is 1.89 bits per heavy atom. The van der Waals surface area contributed by atoms with Crippen molar-refractivity contribution in [3.63, 3.8) is 0 Å². The highest BCUT2D eigenvalue weighted by atomic mass is 32.2. The first-order valence-electron chi connectivity index (χ1n) is 12.7. The number of sulfonamides is 1. The van der Waals surface area contributed by atoms with Crippen LogP contribution in [0.1, 0.15) is 71.2 Å². The van der Waals surface area contributed by atoms with Crippen molar-refractivity contribution in [1.82, 2.24) is 20.2 Å². The number of hydrogen-bond donors (Lipinski definition) is 3. The molecule has 2 heterocycles. The third-order valence-electron chi connectivity index (χ3n) is 5.95. The molecule has 1 aliphatic carbocycles. The Balaban J connectivity index is 1.54. The zero-order valence-electron chi connectivity index (χ0n) is 22.3. The second-order valence-corrected chi connectivity index (χ2v) is 13.5. The van der Waals surface area contributed by atoms with Gasteiger partial charge in [-0.15, -0.1) is 11.3 Å². The maximum atomic E-state index is 13.5. The number of hydrogen-bond acceptors (Lipinski definition) is 9. The molecule has 1 fully saturated rings. The van der Waals surface area contributed by atoms with Crippen molar-refractivity contribution in [1.29, 1.82) is 0 Å². The fourth-order valence-corrected chi connectivity index (χ4v) is 7.27. The van der Waals surface area contributed by atoms with Gasteiger partial charge in [0.15, 0.2) is 5.82 Å². The molecule has 3 aromatic rings. The lowest BCUT2D eigenvalue weighted by molar-refractivity contribution is 0.109. The normalized spacial score (nSPS) is 18.4. The lowest BCUT2D eigenvalue weighted by Crippen LogP contribution is -2.40. The summed E-state index contributed by atoms with van der Waals surface area (Å²) in [6.45, 7) is 9.07. The maximum Gasteiger partial charge on any atom is 0.407 e. The number of carbonyl (C=O) groups excluding carboxylic acids is 1. The van der Waals surface area contributed by atoms with Crippen LogP contribution in [0.25, 0.3) is 10.4 Å². The average molecular weight is 562 g/mol. The van der Waals surface area contributed by atoms with E-state index in [0.717, 1.165) is 35.6 Å². The monoisotopic (exact) mass is 561 g/mol. The summed E-state index contributed by atoms with van der Waals surface area (Å²) in [5.41, 5.74) is 0.505. The summed E-state index contributed by atoms with van der Waals surface area (Å²) in [6.07, 6.45) is 6.11. The van der Waals surface area contributed by atoms with Crippen LogP contribution in [0.5, 0.6) is 0 Å². The van der Waals surface area contributed by atoms with Gasteiger partial charge in [-0.2, -0.15) is 0 Å². The zero-order chi connectivity index (χ0) is 27.5. The van der Waals surface area contributed by atoms with Crippen LogP contribution in [0.15, 0.2) is 46.1 Å². The van der Waals surface area contributed by atoms with Gasteiger partial charge in [0.05, 0.1) is 20.9 Å². The fraction of sp³-hybridized carbons (Fsp3) is 0.500. The lowest BCUT2D eigenvalue weighted by atomic mass is 9.86. The van der Waals surface area contributed by atoms with Gasteiger partial charge in [0.1, 0.15) is 6.26 Å². The van der Waals surface area contributed by atoms with E-state index in [2.05, 4.69) is 25.5 Å². The summed E-state index contributed by atoms with van der Waals surface area (Å²) >= 11 is 1.51. The number of rotatable bonds is 8. The highest BCUT2D eigenvalue weighted by Gasteiger charge is 2.29. The molecule has 1 aromatic carbocycles. The van der Waals surface area contributed by atoms with E-state index < -0.39 is 15.6 Å². The minimum absolute atomic E-state index is 0.0851. The molecule has 1 aliphatic rings. The summed E-state index contributed by atoms with van der Waals surface area (Å²) in [6, 6.07) is 6.94. The molecule has 0 aliphatic heterocycles. The number of aromatic nitrogens is 2. The zero-order valence-corrected chi connectivity index (χ0v) is 23.9. The van der Waals surface area contributed by atoms with Crippen LogP contribution in [0.3, 0.4) is 0 Å². The maximum absolute atomic E-state index is 13.5. The van der Waals surface area contributed by atoms with Crippen LogP contribution in [0.2, 0.25) is 0 Å². The van der Waals surface area contributed by atoms with E-state index >= 15 is 0 Å². The molecule has 12 heteroatoms. The number of anilines is 2. The van der Waals surface area contributed by atoms with Crippen LogP contribution >= 0.6 is 11.3 Å². The average Bonchev–Trinajstić information content (AvgIpc) is 3.50. The van der Waals surface area contributed by atoms with E-state index in [1.165, 1.54) is 17.6 Å². The van der Waals surface area contributed by atoms with Gasteiger partial charge in [-0.1, -0.05) is 11.2 Å². The minimum Gasteiger partial charge on any atom is -0.447 e. The predicted molar refractivity (Wildman–Crippen MR) is 147 cm³/mol. The van der Waals surface area contributed by atoms with Gasteiger partial charge in [-0.25, -0.2) is 22.9 Å². The molecule has 10 nitrogen and oxygen atoms in total. The molecular formula is C26H35N5O5S2. The predicted octanol–water partition coefficient (Wildman–Crippen LogP) is 5.78. The SMILES string of the molecule is CC(C)OC(=O)N[C@H]1CC[C@H](c2ncc(-c3ccc(Nc4ccon4)cc3S(=O)(=O)NC(C)(C)C)s2)CC1. The summed E-state index contributed by atoms with van der Waals surface area (Å²) in [5, 5.41) is 10.8. The third-order valence-corrected chi connectivity index (χ3v) is 8.94. The number of amides is 1. The van der Waals surface area contributed by atoms with Gasteiger partial charge < -0.3 is 19.9 Å². The molecule has 1 amide bonds. The second kappa shape index (κ2) is 11.4. The Morgan fingerprint density at radius 1 is 1.16 bits per heavy atom. The van der Waals surface area contributed by atoms with Crippen molar-refractivity contribution < 1.29 is 22.5 Å². The molecule has 38 heavy (non-hydrogen) atoms. The van der Waals surface area contributed by atoms with E-state index in [9.17, 15) is 13.2 Å². The lowest BCUT2D eigenvalue weighted by Gasteiger charge is -2.28. The quantitative estimate of drug-likeness (QED) is 0.315. The molecular weight excluding hydrogens is 526 g/mol. The molecule has 0 atom stereocenters. The second-order valence-electron chi connectivity index (χ2n) is 10.8. The Bertz CT molecular complexity index is 1340. The van der Waals surface area contributed by atoms with Gasteiger partial charge in [-0.3, -0.25) is 0 Å². The van der Waals surface area contributed by atoms with Crippen LogP contribution in [0.4, 0.5) is 16.3 Å². The number of ether oxygens (including phenoxy) is 1. The molecule has 0 spiro atoms. The van der Waals surface area contributed by atoms with Crippen molar-refractivity contribution >= 4 is 39.0 Å². The van der Waals surface area contributed by atoms with Crippen LogP contribution in [0, 0.1) is 0 Å². The number of nitrogens with zero attached hydrogens (tertiary/aromatic N) is 2. The van der Waals surface area contributed by atoms with Gasteiger partial charge in [0, 0.05) is 41.0 Å². The largest absolute Gasteiger partial charge is 0.447 e. The van der Waals surface area contributed by atoms with E-state index in [0.29, 0.717) is 17.1 Å². The third kappa shape index (κ3) is 7.33. The van der Waals surface area contributed by atoms with E-state index in [1.54, 1.807) is 45.2 Å². The summed E-state index contributed by atoms with van der Waals surface area (Å²) in [5.74, 6) is 0.737.